The van der Waals surface area contributed by atoms with Crippen molar-refractivity contribution < 1.29 is 28.2 Å². The van der Waals surface area contributed by atoms with Gasteiger partial charge in [-0.1, -0.05) is 31.2 Å². The Hall–Kier alpha value is -2.47. The Morgan fingerprint density at radius 1 is 1.12 bits per heavy atom. The van der Waals surface area contributed by atoms with Crippen LogP contribution >= 0.6 is 0 Å². The van der Waals surface area contributed by atoms with Gasteiger partial charge in [0.05, 0.1) is 5.56 Å². The number of benzene rings is 2. The number of alkyl halides is 2. The number of halogens is 2. The quantitative estimate of drug-likeness (QED) is 0.741. The van der Waals surface area contributed by atoms with Crippen LogP contribution in [-0.4, -0.2) is 24.1 Å². The van der Waals surface area contributed by atoms with Crippen LogP contribution in [0, 0.1) is 0 Å². The Kier molecular flexibility index (Phi) is 6.26. The number of carbonyl (C=O) groups is 1. The maximum Gasteiger partial charge on any atom is 0.387 e. The first-order chi connectivity index (χ1) is 11.5. The van der Waals surface area contributed by atoms with Gasteiger partial charge in [0, 0.05) is 6.42 Å². The highest BCUT2D eigenvalue weighted by Crippen LogP contribution is 2.23. The molecule has 0 bridgehead atoms. The predicted octanol–water partition coefficient (Wildman–Crippen LogP) is 3.99. The van der Waals surface area contributed by atoms with Crippen LogP contribution in [0.3, 0.4) is 0 Å². The number of rotatable bonds is 8. The lowest BCUT2D eigenvalue weighted by atomic mass is 10.1. The summed E-state index contributed by atoms with van der Waals surface area (Å²) in [6, 6.07) is 12.5. The smallest absolute Gasteiger partial charge is 0.387 e. The molecule has 1 atom stereocenters. The van der Waals surface area contributed by atoms with Crippen molar-refractivity contribution in [3.05, 3.63) is 59.7 Å². The molecule has 0 aliphatic rings. The van der Waals surface area contributed by atoms with Gasteiger partial charge in [0.1, 0.15) is 24.2 Å². The first kappa shape index (κ1) is 17.9. The second-order valence-corrected chi connectivity index (χ2v) is 5.05. The van der Waals surface area contributed by atoms with E-state index in [1.807, 2.05) is 0 Å². The average Bonchev–Trinajstić information content (AvgIpc) is 2.59. The Labute approximate surface area is 138 Å². The summed E-state index contributed by atoms with van der Waals surface area (Å²) in [5, 5.41) is 10.1. The van der Waals surface area contributed by atoms with Gasteiger partial charge in [-0.3, -0.25) is 4.79 Å². The highest BCUT2D eigenvalue weighted by Gasteiger charge is 2.14. The fourth-order valence-electron chi connectivity index (χ4n) is 2.15. The van der Waals surface area contributed by atoms with Gasteiger partial charge in [-0.25, -0.2) is 0 Å². The number of para-hydroxylation sites is 1. The van der Waals surface area contributed by atoms with Crippen molar-refractivity contribution >= 4 is 5.78 Å². The van der Waals surface area contributed by atoms with Crippen LogP contribution in [0.15, 0.2) is 48.5 Å². The number of carbonyl (C=O) groups excluding carboxylic acids is 1. The van der Waals surface area contributed by atoms with Gasteiger partial charge in [0.15, 0.2) is 5.78 Å². The maximum absolute atomic E-state index is 12.1. The molecule has 128 valence electrons. The standard InChI is InChI=1S/C18H18F2O4/c1-2-15(21)14-5-3-4-6-17(14)23-11-16(22)12-7-9-13(10-8-12)24-18(19)20/h3-10,16,18,22H,2,11H2,1H3. The number of ketones is 1. The summed E-state index contributed by atoms with van der Waals surface area (Å²) in [5.74, 6) is 0.371. The van der Waals surface area contributed by atoms with Crippen molar-refractivity contribution in [2.75, 3.05) is 6.61 Å². The Morgan fingerprint density at radius 2 is 1.79 bits per heavy atom. The van der Waals surface area contributed by atoms with Crippen LogP contribution in [0.2, 0.25) is 0 Å². The second kappa shape index (κ2) is 8.40. The van der Waals surface area contributed by atoms with E-state index in [4.69, 9.17) is 4.74 Å². The molecule has 0 heterocycles. The van der Waals surface area contributed by atoms with Crippen molar-refractivity contribution in [2.24, 2.45) is 0 Å². The van der Waals surface area contributed by atoms with Crippen molar-refractivity contribution in [3.63, 3.8) is 0 Å². The third-order valence-corrected chi connectivity index (χ3v) is 3.40. The lowest BCUT2D eigenvalue weighted by molar-refractivity contribution is -0.0498. The van der Waals surface area contributed by atoms with Gasteiger partial charge < -0.3 is 14.6 Å². The summed E-state index contributed by atoms with van der Waals surface area (Å²) >= 11 is 0. The van der Waals surface area contributed by atoms with Gasteiger partial charge in [0.2, 0.25) is 0 Å². The van der Waals surface area contributed by atoms with E-state index in [1.54, 1.807) is 31.2 Å². The number of Topliss-reactive ketones (excluding diaryl/α,β-unsaturated/α-hetero) is 1. The normalized spacial score (nSPS) is 12.0. The molecule has 1 N–H and O–H groups in total. The number of ether oxygens (including phenoxy) is 2. The fraction of sp³-hybridized carbons (Fsp3) is 0.278. The van der Waals surface area contributed by atoms with Crippen LogP contribution in [0.4, 0.5) is 8.78 Å². The van der Waals surface area contributed by atoms with E-state index in [9.17, 15) is 18.7 Å². The fourth-order valence-corrected chi connectivity index (χ4v) is 2.15. The van der Waals surface area contributed by atoms with Crippen molar-refractivity contribution in [1.29, 1.82) is 0 Å². The van der Waals surface area contributed by atoms with Gasteiger partial charge >= 0.3 is 6.61 Å². The molecule has 0 saturated carbocycles. The van der Waals surface area contributed by atoms with Gasteiger partial charge in [-0.15, -0.1) is 0 Å². The molecule has 24 heavy (non-hydrogen) atoms. The van der Waals surface area contributed by atoms with Gasteiger partial charge in [-0.2, -0.15) is 8.78 Å². The summed E-state index contributed by atoms with van der Waals surface area (Å²) < 4.78 is 34.0. The molecule has 0 amide bonds. The SMILES string of the molecule is CCC(=O)c1ccccc1OCC(O)c1ccc(OC(F)F)cc1. The zero-order valence-electron chi connectivity index (χ0n) is 13.1. The Morgan fingerprint density at radius 3 is 2.42 bits per heavy atom. The summed E-state index contributed by atoms with van der Waals surface area (Å²) in [4.78, 5) is 11.9. The van der Waals surface area contributed by atoms with Crippen LogP contribution in [0.5, 0.6) is 11.5 Å². The molecule has 0 saturated heterocycles. The molecule has 0 spiro atoms. The monoisotopic (exact) mass is 336 g/mol. The highest BCUT2D eigenvalue weighted by atomic mass is 19.3. The first-order valence-electron chi connectivity index (χ1n) is 7.49. The van der Waals surface area contributed by atoms with E-state index in [1.165, 1.54) is 24.3 Å². The van der Waals surface area contributed by atoms with Crippen molar-refractivity contribution in [1.82, 2.24) is 0 Å². The van der Waals surface area contributed by atoms with E-state index in [0.717, 1.165) is 0 Å². The molecule has 6 heteroatoms. The van der Waals surface area contributed by atoms with Crippen LogP contribution < -0.4 is 9.47 Å². The van der Waals surface area contributed by atoms with E-state index < -0.39 is 12.7 Å². The Balaban J connectivity index is 2.01. The highest BCUT2D eigenvalue weighted by molar-refractivity contribution is 5.98. The summed E-state index contributed by atoms with van der Waals surface area (Å²) in [5.41, 5.74) is 0.962. The Bertz CT molecular complexity index is 671. The van der Waals surface area contributed by atoms with E-state index in [-0.39, 0.29) is 18.1 Å². The molecule has 4 nitrogen and oxygen atoms in total. The van der Waals surface area contributed by atoms with Gasteiger partial charge in [-0.05, 0) is 29.8 Å². The minimum atomic E-state index is -2.89. The van der Waals surface area contributed by atoms with Crippen molar-refractivity contribution in [3.8, 4) is 11.5 Å². The molecule has 0 radical (unpaired) electrons. The molecule has 0 aromatic heterocycles. The van der Waals surface area contributed by atoms with Gasteiger partial charge in [0.25, 0.3) is 0 Å². The second-order valence-electron chi connectivity index (χ2n) is 5.05. The largest absolute Gasteiger partial charge is 0.490 e. The zero-order valence-corrected chi connectivity index (χ0v) is 13.1. The summed E-state index contributed by atoms with van der Waals surface area (Å²) in [7, 11) is 0. The zero-order chi connectivity index (χ0) is 17.5. The molecule has 1 unspecified atom stereocenters. The molecular weight excluding hydrogens is 318 g/mol. The molecular formula is C18H18F2O4. The van der Waals surface area contributed by atoms with E-state index in [0.29, 0.717) is 23.3 Å². The maximum atomic E-state index is 12.1. The topological polar surface area (TPSA) is 55.8 Å². The minimum absolute atomic E-state index is 0.0146. The molecule has 2 rings (SSSR count). The average molecular weight is 336 g/mol. The summed E-state index contributed by atoms with van der Waals surface area (Å²) in [6.45, 7) is -1.20. The third-order valence-electron chi connectivity index (χ3n) is 3.40. The number of aliphatic hydroxyl groups excluding tert-OH is 1. The number of hydrogen-bond acceptors (Lipinski definition) is 4. The predicted molar refractivity (Wildman–Crippen MR) is 84.6 cm³/mol. The van der Waals surface area contributed by atoms with Crippen LogP contribution in [0.1, 0.15) is 35.4 Å². The lowest BCUT2D eigenvalue weighted by Crippen LogP contribution is -2.12. The lowest BCUT2D eigenvalue weighted by Gasteiger charge is -2.15. The van der Waals surface area contributed by atoms with E-state index in [2.05, 4.69) is 4.74 Å². The molecule has 2 aromatic rings. The number of aliphatic hydroxyl groups is 1. The van der Waals surface area contributed by atoms with Crippen LogP contribution in [-0.2, 0) is 0 Å². The molecule has 0 aliphatic heterocycles. The van der Waals surface area contributed by atoms with Crippen LogP contribution in [0.25, 0.3) is 0 Å². The number of hydrogen-bond donors (Lipinski definition) is 1. The molecule has 0 fully saturated rings. The molecule has 2 aromatic carbocycles. The minimum Gasteiger partial charge on any atom is -0.490 e. The first-order valence-corrected chi connectivity index (χ1v) is 7.49. The third kappa shape index (κ3) is 4.76. The molecule has 0 aliphatic carbocycles. The summed E-state index contributed by atoms with van der Waals surface area (Å²) in [6.07, 6.45) is -0.607. The van der Waals surface area contributed by atoms with Crippen molar-refractivity contribution in [2.45, 2.75) is 26.1 Å². The van der Waals surface area contributed by atoms with E-state index >= 15 is 0 Å².